The first kappa shape index (κ1) is 16.6. The van der Waals surface area contributed by atoms with E-state index in [4.69, 9.17) is 5.73 Å². The second-order valence-corrected chi connectivity index (χ2v) is 6.33. The number of carbonyl (C=O) groups excluding carboxylic acids is 1. The van der Waals surface area contributed by atoms with E-state index in [0.29, 0.717) is 18.7 Å². The molecular formula is C11H21N5O3S. The lowest BCUT2D eigenvalue weighted by Crippen LogP contribution is -2.33. The topological polar surface area (TPSA) is 119 Å². The molecule has 1 heterocycles. The van der Waals surface area contributed by atoms with Crippen LogP contribution in [-0.2, 0) is 16.6 Å². The van der Waals surface area contributed by atoms with E-state index in [9.17, 15) is 13.2 Å². The van der Waals surface area contributed by atoms with Gasteiger partial charge in [-0.3, -0.25) is 9.48 Å². The highest BCUT2D eigenvalue weighted by Gasteiger charge is 2.14. The summed E-state index contributed by atoms with van der Waals surface area (Å²) in [4.78, 5) is 11.9. The Morgan fingerprint density at radius 3 is 2.80 bits per heavy atom. The normalized spacial score (nSPS) is 11.6. The molecule has 0 aliphatic heterocycles. The third-order valence-corrected chi connectivity index (χ3v) is 4.25. The van der Waals surface area contributed by atoms with E-state index in [-0.39, 0.29) is 18.2 Å². The van der Waals surface area contributed by atoms with Gasteiger partial charge in [0.15, 0.2) is 0 Å². The summed E-state index contributed by atoms with van der Waals surface area (Å²) in [5.74, 6) is -0.483. The zero-order valence-corrected chi connectivity index (χ0v) is 12.5. The number of hydrogen-bond acceptors (Lipinski definition) is 5. The van der Waals surface area contributed by atoms with Gasteiger partial charge in [-0.15, -0.1) is 0 Å². The molecule has 20 heavy (non-hydrogen) atoms. The predicted molar refractivity (Wildman–Crippen MR) is 75.8 cm³/mol. The Morgan fingerprint density at radius 2 is 2.20 bits per heavy atom. The van der Waals surface area contributed by atoms with Crippen molar-refractivity contribution in [1.29, 1.82) is 0 Å². The molecule has 0 atom stereocenters. The Morgan fingerprint density at radius 1 is 1.50 bits per heavy atom. The summed E-state index contributed by atoms with van der Waals surface area (Å²) in [6, 6.07) is 0. The van der Waals surface area contributed by atoms with Crippen LogP contribution >= 0.6 is 0 Å². The molecule has 0 spiro atoms. The van der Waals surface area contributed by atoms with Crippen LogP contribution in [0.2, 0.25) is 0 Å². The molecule has 1 aromatic heterocycles. The maximum absolute atomic E-state index is 11.9. The summed E-state index contributed by atoms with van der Waals surface area (Å²) in [5, 5.41) is 6.68. The van der Waals surface area contributed by atoms with Crippen molar-refractivity contribution in [2.45, 2.75) is 19.9 Å². The second-order valence-electron chi connectivity index (χ2n) is 4.29. The highest BCUT2D eigenvalue weighted by Crippen LogP contribution is 2.07. The van der Waals surface area contributed by atoms with Crippen molar-refractivity contribution in [3.63, 3.8) is 0 Å². The number of amides is 1. The predicted octanol–water partition coefficient (Wildman–Crippen LogP) is -1.18. The van der Waals surface area contributed by atoms with Gasteiger partial charge in [0, 0.05) is 18.8 Å². The van der Waals surface area contributed by atoms with Crippen molar-refractivity contribution in [2.24, 2.45) is 5.73 Å². The molecule has 0 bridgehead atoms. The molecule has 0 aliphatic carbocycles. The molecule has 4 N–H and O–H groups in total. The number of rotatable bonds is 8. The first-order valence-corrected chi connectivity index (χ1v) is 7.98. The molecule has 0 radical (unpaired) electrons. The van der Waals surface area contributed by atoms with Gasteiger partial charge < -0.3 is 11.1 Å². The number of nitrogens with zero attached hydrogens (tertiary/aromatic N) is 2. The van der Waals surface area contributed by atoms with Crippen LogP contribution in [0.1, 0.15) is 22.5 Å². The van der Waals surface area contributed by atoms with Crippen molar-refractivity contribution >= 4 is 15.9 Å². The Balaban J connectivity index is 2.58. The monoisotopic (exact) mass is 303 g/mol. The van der Waals surface area contributed by atoms with Gasteiger partial charge in [0.2, 0.25) is 10.0 Å². The number of nitrogens with two attached hydrogens (primary N) is 1. The molecule has 0 aromatic carbocycles. The molecule has 0 aliphatic rings. The SMILES string of the molecule is CNS(=O)(=O)CCNC(=O)c1cnn(CCCN)c1C. The number of carbonyl (C=O) groups is 1. The van der Waals surface area contributed by atoms with Crippen LogP contribution in [0.15, 0.2) is 6.20 Å². The van der Waals surface area contributed by atoms with Crippen LogP contribution in [0, 0.1) is 6.92 Å². The summed E-state index contributed by atoms with van der Waals surface area (Å²) >= 11 is 0. The van der Waals surface area contributed by atoms with Crippen LogP contribution < -0.4 is 15.8 Å². The maximum Gasteiger partial charge on any atom is 0.254 e. The van der Waals surface area contributed by atoms with Crippen LogP contribution in [0.4, 0.5) is 0 Å². The zero-order chi connectivity index (χ0) is 15.2. The Bertz CT molecular complexity index is 552. The molecule has 0 fully saturated rings. The van der Waals surface area contributed by atoms with Crippen LogP contribution in [0.5, 0.6) is 0 Å². The van der Waals surface area contributed by atoms with Crippen molar-refractivity contribution < 1.29 is 13.2 Å². The lowest BCUT2D eigenvalue weighted by molar-refractivity contribution is 0.0955. The largest absolute Gasteiger partial charge is 0.351 e. The molecule has 114 valence electrons. The van der Waals surface area contributed by atoms with Gasteiger partial charge in [0.25, 0.3) is 5.91 Å². The first-order chi connectivity index (χ1) is 9.41. The zero-order valence-electron chi connectivity index (χ0n) is 11.7. The average Bonchev–Trinajstić information content (AvgIpc) is 2.77. The molecule has 1 amide bonds. The smallest absolute Gasteiger partial charge is 0.254 e. The highest BCUT2D eigenvalue weighted by molar-refractivity contribution is 7.89. The lowest BCUT2D eigenvalue weighted by atomic mass is 10.2. The molecule has 9 heteroatoms. The summed E-state index contributed by atoms with van der Waals surface area (Å²) in [6.07, 6.45) is 2.26. The molecule has 1 aromatic rings. The lowest BCUT2D eigenvalue weighted by Gasteiger charge is -2.06. The number of aromatic nitrogens is 2. The van der Waals surface area contributed by atoms with Crippen molar-refractivity contribution in [3.8, 4) is 0 Å². The number of sulfonamides is 1. The van der Waals surface area contributed by atoms with Gasteiger partial charge in [-0.25, -0.2) is 13.1 Å². The second kappa shape index (κ2) is 7.36. The molecule has 0 unspecified atom stereocenters. The van der Waals surface area contributed by atoms with E-state index >= 15 is 0 Å². The minimum atomic E-state index is -3.31. The van der Waals surface area contributed by atoms with Gasteiger partial charge in [-0.1, -0.05) is 0 Å². The summed E-state index contributed by atoms with van der Waals surface area (Å²) < 4.78 is 26.3. The minimum absolute atomic E-state index is 0.0510. The quantitative estimate of drug-likeness (QED) is 0.558. The van der Waals surface area contributed by atoms with E-state index in [2.05, 4.69) is 15.1 Å². The first-order valence-electron chi connectivity index (χ1n) is 6.33. The molecular weight excluding hydrogens is 282 g/mol. The van der Waals surface area contributed by atoms with E-state index in [1.54, 1.807) is 11.6 Å². The van der Waals surface area contributed by atoms with Crippen molar-refractivity contribution in [2.75, 3.05) is 25.9 Å². The number of nitrogens with one attached hydrogen (secondary N) is 2. The van der Waals surface area contributed by atoms with Crippen LogP contribution in [0.25, 0.3) is 0 Å². The van der Waals surface area contributed by atoms with Gasteiger partial charge in [0.05, 0.1) is 17.5 Å². The van der Waals surface area contributed by atoms with Gasteiger partial charge in [-0.05, 0) is 26.9 Å². The fourth-order valence-corrected chi connectivity index (χ4v) is 2.21. The summed E-state index contributed by atoms with van der Waals surface area (Å²) in [7, 11) is -1.98. The number of aryl methyl sites for hydroxylation is 1. The van der Waals surface area contributed by atoms with Gasteiger partial charge in [0.1, 0.15) is 0 Å². The van der Waals surface area contributed by atoms with Crippen LogP contribution in [0.3, 0.4) is 0 Å². The van der Waals surface area contributed by atoms with E-state index < -0.39 is 10.0 Å². The van der Waals surface area contributed by atoms with E-state index in [0.717, 1.165) is 12.1 Å². The Kier molecular flexibility index (Phi) is 6.11. The van der Waals surface area contributed by atoms with Crippen LogP contribution in [-0.4, -0.2) is 50.0 Å². The fourth-order valence-electron chi connectivity index (χ4n) is 1.63. The van der Waals surface area contributed by atoms with E-state index in [1.807, 2.05) is 0 Å². The average molecular weight is 303 g/mol. The van der Waals surface area contributed by atoms with Crippen molar-refractivity contribution in [3.05, 3.63) is 17.5 Å². The third kappa shape index (κ3) is 4.58. The minimum Gasteiger partial charge on any atom is -0.351 e. The Labute approximate surface area is 118 Å². The number of hydrogen-bond donors (Lipinski definition) is 3. The van der Waals surface area contributed by atoms with Gasteiger partial charge >= 0.3 is 0 Å². The van der Waals surface area contributed by atoms with Crippen molar-refractivity contribution in [1.82, 2.24) is 19.8 Å². The molecule has 1 rings (SSSR count). The molecule has 0 saturated carbocycles. The fraction of sp³-hybridized carbons (Fsp3) is 0.636. The standard InChI is InChI=1S/C11H21N5O3S/c1-9-10(8-15-16(9)6-3-4-12)11(17)14-5-7-20(18,19)13-2/h8,13H,3-7,12H2,1-2H3,(H,14,17). The van der Waals surface area contributed by atoms with Gasteiger partial charge in [-0.2, -0.15) is 5.10 Å². The maximum atomic E-state index is 11.9. The highest BCUT2D eigenvalue weighted by atomic mass is 32.2. The summed E-state index contributed by atoms with van der Waals surface area (Å²) in [5.41, 5.74) is 6.62. The molecule has 8 nitrogen and oxygen atoms in total. The summed E-state index contributed by atoms with van der Waals surface area (Å²) in [6.45, 7) is 3.06. The third-order valence-electron chi connectivity index (χ3n) is 2.89. The molecule has 0 saturated heterocycles. The Hall–Kier alpha value is -1.45. The van der Waals surface area contributed by atoms with E-state index in [1.165, 1.54) is 13.2 Å².